The molecule has 2 nitrogen and oxygen atoms in total. The molecular formula is C12H14F3NO. The topological polar surface area (TPSA) is 21.3 Å². The van der Waals surface area contributed by atoms with E-state index in [-0.39, 0.29) is 11.8 Å². The highest BCUT2D eigenvalue weighted by molar-refractivity contribution is 5.39. The summed E-state index contributed by atoms with van der Waals surface area (Å²) in [6.07, 6.45) is -2.68. The van der Waals surface area contributed by atoms with Crippen LogP contribution in [0.1, 0.15) is 30.0 Å². The van der Waals surface area contributed by atoms with E-state index in [1.54, 1.807) is 6.07 Å². The second-order valence-corrected chi connectivity index (χ2v) is 4.10. The van der Waals surface area contributed by atoms with Crippen molar-refractivity contribution in [3.05, 3.63) is 29.3 Å². The van der Waals surface area contributed by atoms with Gasteiger partial charge in [0, 0.05) is 6.04 Å². The lowest BCUT2D eigenvalue weighted by Crippen LogP contribution is -2.18. The molecule has 5 heteroatoms. The summed E-state index contributed by atoms with van der Waals surface area (Å²) in [5.41, 5.74) is -0.285. The minimum atomic E-state index is -4.34. The van der Waals surface area contributed by atoms with Crippen LogP contribution in [0.5, 0.6) is 5.75 Å². The molecule has 1 N–H and O–H groups in total. The van der Waals surface area contributed by atoms with Crippen molar-refractivity contribution in [2.24, 2.45) is 0 Å². The Labute approximate surface area is 97.8 Å². The van der Waals surface area contributed by atoms with Gasteiger partial charge in [0.25, 0.3) is 0 Å². The van der Waals surface area contributed by atoms with Crippen LogP contribution in [-0.2, 0) is 6.18 Å². The number of methoxy groups -OCH3 is 1. The van der Waals surface area contributed by atoms with Gasteiger partial charge in [-0.2, -0.15) is 13.2 Å². The molecule has 1 aliphatic rings. The summed E-state index contributed by atoms with van der Waals surface area (Å²) in [5.74, 6) is 0.235. The van der Waals surface area contributed by atoms with E-state index >= 15 is 0 Å². The first-order chi connectivity index (χ1) is 8.02. The molecule has 0 spiro atoms. The van der Waals surface area contributed by atoms with Crippen molar-refractivity contribution in [3.8, 4) is 5.75 Å². The molecule has 1 aliphatic heterocycles. The molecule has 0 radical (unpaired) electrons. The van der Waals surface area contributed by atoms with Crippen molar-refractivity contribution < 1.29 is 17.9 Å². The smallest absolute Gasteiger partial charge is 0.416 e. The fraction of sp³-hybridized carbons (Fsp3) is 0.500. The summed E-state index contributed by atoms with van der Waals surface area (Å²) in [4.78, 5) is 0. The average Bonchev–Trinajstić information content (AvgIpc) is 2.80. The summed E-state index contributed by atoms with van der Waals surface area (Å²) < 4.78 is 43.7. The van der Waals surface area contributed by atoms with Crippen molar-refractivity contribution in [3.63, 3.8) is 0 Å². The van der Waals surface area contributed by atoms with E-state index in [4.69, 9.17) is 4.74 Å². The Hall–Kier alpha value is -1.23. The van der Waals surface area contributed by atoms with Gasteiger partial charge in [-0.1, -0.05) is 6.07 Å². The van der Waals surface area contributed by atoms with Crippen LogP contribution in [-0.4, -0.2) is 13.7 Å². The lowest BCUT2D eigenvalue weighted by atomic mass is 9.98. The summed E-state index contributed by atoms with van der Waals surface area (Å²) in [5, 5.41) is 3.08. The van der Waals surface area contributed by atoms with Crippen LogP contribution in [0.25, 0.3) is 0 Å². The fourth-order valence-corrected chi connectivity index (χ4v) is 2.16. The first-order valence-corrected chi connectivity index (χ1v) is 5.51. The number of hydrogen-bond donors (Lipinski definition) is 1. The Morgan fingerprint density at radius 3 is 2.65 bits per heavy atom. The molecule has 1 fully saturated rings. The van der Waals surface area contributed by atoms with Gasteiger partial charge in [-0.3, -0.25) is 0 Å². The second kappa shape index (κ2) is 4.56. The minimum Gasteiger partial charge on any atom is -0.497 e. The lowest BCUT2D eigenvalue weighted by molar-refractivity contribution is -0.138. The molecule has 1 atom stereocenters. The molecule has 17 heavy (non-hydrogen) atoms. The van der Waals surface area contributed by atoms with E-state index in [0.717, 1.165) is 25.5 Å². The Morgan fingerprint density at radius 2 is 2.12 bits per heavy atom. The first-order valence-electron chi connectivity index (χ1n) is 5.51. The summed E-state index contributed by atoms with van der Waals surface area (Å²) in [6.45, 7) is 0.772. The van der Waals surface area contributed by atoms with Gasteiger partial charge in [0.2, 0.25) is 0 Å². The Kier molecular flexibility index (Phi) is 3.28. The van der Waals surface area contributed by atoms with Gasteiger partial charge in [0.05, 0.1) is 12.7 Å². The Balaban J connectivity index is 2.42. The Bertz CT molecular complexity index is 397. The molecule has 0 bridgehead atoms. The molecule has 2 rings (SSSR count). The van der Waals surface area contributed by atoms with E-state index in [1.807, 2.05) is 0 Å². The third-order valence-corrected chi connectivity index (χ3v) is 3.00. The molecule has 1 unspecified atom stereocenters. The lowest BCUT2D eigenvalue weighted by Gasteiger charge is -2.18. The molecule has 1 aromatic carbocycles. The van der Waals surface area contributed by atoms with Gasteiger partial charge >= 0.3 is 6.18 Å². The Morgan fingerprint density at radius 1 is 1.35 bits per heavy atom. The van der Waals surface area contributed by atoms with Gasteiger partial charge in [-0.05, 0) is 37.1 Å². The molecule has 1 heterocycles. The third-order valence-electron chi connectivity index (χ3n) is 3.00. The molecular weight excluding hydrogens is 231 g/mol. The fourth-order valence-electron chi connectivity index (χ4n) is 2.16. The van der Waals surface area contributed by atoms with Gasteiger partial charge in [0.15, 0.2) is 0 Å². The van der Waals surface area contributed by atoms with Crippen LogP contribution in [0, 0.1) is 0 Å². The van der Waals surface area contributed by atoms with Gasteiger partial charge in [0.1, 0.15) is 5.75 Å². The number of rotatable bonds is 2. The van der Waals surface area contributed by atoms with Crippen molar-refractivity contribution in [2.45, 2.75) is 25.1 Å². The summed E-state index contributed by atoms with van der Waals surface area (Å²) in [6, 6.07) is 3.95. The summed E-state index contributed by atoms with van der Waals surface area (Å²) >= 11 is 0. The molecule has 1 saturated heterocycles. The first kappa shape index (κ1) is 12.2. The highest BCUT2D eigenvalue weighted by atomic mass is 19.4. The predicted octanol–water partition coefficient (Wildman–Crippen LogP) is 3.14. The van der Waals surface area contributed by atoms with Crippen LogP contribution in [0.3, 0.4) is 0 Å². The van der Waals surface area contributed by atoms with Crippen molar-refractivity contribution in [1.29, 1.82) is 0 Å². The zero-order valence-electron chi connectivity index (χ0n) is 9.47. The SMILES string of the molecule is COc1ccc(C2CCCN2)c(C(F)(F)F)c1. The van der Waals surface area contributed by atoms with Crippen LogP contribution in [0.4, 0.5) is 13.2 Å². The quantitative estimate of drug-likeness (QED) is 0.864. The van der Waals surface area contributed by atoms with Crippen LogP contribution >= 0.6 is 0 Å². The van der Waals surface area contributed by atoms with E-state index in [0.29, 0.717) is 5.56 Å². The van der Waals surface area contributed by atoms with E-state index < -0.39 is 11.7 Å². The zero-order valence-corrected chi connectivity index (χ0v) is 9.47. The van der Waals surface area contributed by atoms with Crippen LogP contribution in [0.2, 0.25) is 0 Å². The molecule has 94 valence electrons. The number of halogens is 3. The highest BCUT2D eigenvalue weighted by Crippen LogP contribution is 2.38. The maximum absolute atomic E-state index is 12.9. The maximum Gasteiger partial charge on any atom is 0.416 e. The van der Waals surface area contributed by atoms with Gasteiger partial charge in [-0.15, -0.1) is 0 Å². The molecule has 0 saturated carbocycles. The van der Waals surface area contributed by atoms with Crippen molar-refractivity contribution in [1.82, 2.24) is 5.32 Å². The highest BCUT2D eigenvalue weighted by Gasteiger charge is 2.36. The number of ether oxygens (including phenoxy) is 1. The second-order valence-electron chi connectivity index (χ2n) is 4.10. The number of benzene rings is 1. The third kappa shape index (κ3) is 2.54. The van der Waals surface area contributed by atoms with E-state index in [2.05, 4.69) is 5.32 Å². The normalized spacial score (nSPS) is 20.6. The van der Waals surface area contributed by atoms with Gasteiger partial charge in [-0.25, -0.2) is 0 Å². The zero-order chi connectivity index (χ0) is 12.5. The molecule has 0 aromatic heterocycles. The number of hydrogen-bond acceptors (Lipinski definition) is 2. The average molecular weight is 245 g/mol. The molecule has 1 aromatic rings. The predicted molar refractivity (Wildman–Crippen MR) is 58.0 cm³/mol. The monoisotopic (exact) mass is 245 g/mol. The number of nitrogens with one attached hydrogen (secondary N) is 1. The van der Waals surface area contributed by atoms with Crippen molar-refractivity contribution >= 4 is 0 Å². The largest absolute Gasteiger partial charge is 0.497 e. The van der Waals surface area contributed by atoms with Gasteiger partial charge < -0.3 is 10.1 Å². The van der Waals surface area contributed by atoms with Crippen molar-refractivity contribution in [2.75, 3.05) is 13.7 Å². The van der Waals surface area contributed by atoms with Crippen LogP contribution < -0.4 is 10.1 Å². The standard InChI is InChI=1S/C12H14F3NO/c1-17-8-4-5-9(11-3-2-6-16-11)10(7-8)12(13,14)15/h4-5,7,11,16H,2-3,6H2,1H3. The molecule has 0 amide bonds. The van der Waals surface area contributed by atoms with Crippen LogP contribution in [0.15, 0.2) is 18.2 Å². The maximum atomic E-state index is 12.9. The summed E-state index contributed by atoms with van der Waals surface area (Å²) in [7, 11) is 1.36. The van der Waals surface area contributed by atoms with E-state index in [1.165, 1.54) is 13.2 Å². The van der Waals surface area contributed by atoms with E-state index in [9.17, 15) is 13.2 Å². The molecule has 0 aliphatic carbocycles. The number of alkyl halides is 3. The minimum absolute atomic E-state index is 0.197.